The van der Waals surface area contributed by atoms with Crippen LogP contribution < -0.4 is 5.48 Å². The lowest BCUT2D eigenvalue weighted by Gasteiger charge is -2.29. The molecule has 0 atom stereocenters. The number of carbonyl (C=O) groups excluding carboxylic acids is 2. The van der Waals surface area contributed by atoms with Gasteiger partial charge in [0.1, 0.15) is 0 Å². The lowest BCUT2D eigenvalue weighted by atomic mass is 9.96. The molecule has 0 saturated carbocycles. The molecule has 1 aliphatic rings. The maximum Gasteiger partial charge on any atom is 0.274 e. The van der Waals surface area contributed by atoms with E-state index in [0.29, 0.717) is 24.2 Å². The van der Waals surface area contributed by atoms with Crippen LogP contribution in [-0.4, -0.2) is 28.5 Å². The molecular formula is C20H20N2O3. The Morgan fingerprint density at radius 3 is 2.60 bits per heavy atom. The van der Waals surface area contributed by atoms with E-state index in [4.69, 9.17) is 5.21 Å². The summed E-state index contributed by atoms with van der Waals surface area (Å²) in [5, 5.41) is 8.77. The first-order valence-corrected chi connectivity index (χ1v) is 8.17. The number of amides is 2. The van der Waals surface area contributed by atoms with Gasteiger partial charge < -0.3 is 4.90 Å². The van der Waals surface area contributed by atoms with Gasteiger partial charge in [-0.05, 0) is 48.2 Å². The third-order valence-corrected chi connectivity index (χ3v) is 4.39. The van der Waals surface area contributed by atoms with Crippen LogP contribution in [0.25, 0.3) is 6.08 Å². The molecule has 1 aliphatic heterocycles. The van der Waals surface area contributed by atoms with Crippen LogP contribution in [-0.2, 0) is 17.8 Å². The molecule has 5 heteroatoms. The van der Waals surface area contributed by atoms with Crippen molar-refractivity contribution in [2.24, 2.45) is 0 Å². The van der Waals surface area contributed by atoms with Crippen LogP contribution in [0.4, 0.5) is 0 Å². The largest absolute Gasteiger partial charge is 0.334 e. The Morgan fingerprint density at radius 2 is 1.88 bits per heavy atom. The second-order valence-corrected chi connectivity index (χ2v) is 6.14. The van der Waals surface area contributed by atoms with E-state index >= 15 is 0 Å². The SMILES string of the molecule is C/C(=C\c1ccccc1)C(=O)N1CCc2ccc(C(=O)NO)cc2C1. The molecule has 0 unspecified atom stereocenters. The number of nitrogens with one attached hydrogen (secondary N) is 1. The van der Waals surface area contributed by atoms with Crippen LogP contribution in [0, 0.1) is 0 Å². The average Bonchev–Trinajstić information content (AvgIpc) is 2.66. The second kappa shape index (κ2) is 7.32. The summed E-state index contributed by atoms with van der Waals surface area (Å²) in [4.78, 5) is 26.1. The van der Waals surface area contributed by atoms with E-state index in [-0.39, 0.29) is 5.91 Å². The highest BCUT2D eigenvalue weighted by molar-refractivity contribution is 5.97. The van der Waals surface area contributed by atoms with Crippen molar-refractivity contribution in [1.29, 1.82) is 0 Å². The number of benzene rings is 2. The Kier molecular flexibility index (Phi) is 4.95. The van der Waals surface area contributed by atoms with Gasteiger partial charge in [-0.1, -0.05) is 36.4 Å². The van der Waals surface area contributed by atoms with E-state index in [1.807, 2.05) is 49.4 Å². The Balaban J connectivity index is 1.78. The fraction of sp³-hybridized carbons (Fsp3) is 0.200. The molecule has 0 aromatic heterocycles. The summed E-state index contributed by atoms with van der Waals surface area (Å²) in [7, 11) is 0. The summed E-state index contributed by atoms with van der Waals surface area (Å²) in [5.74, 6) is -0.557. The lowest BCUT2D eigenvalue weighted by molar-refractivity contribution is -0.127. The number of carbonyl (C=O) groups is 2. The molecule has 0 aliphatic carbocycles. The maximum atomic E-state index is 12.7. The second-order valence-electron chi connectivity index (χ2n) is 6.14. The van der Waals surface area contributed by atoms with Gasteiger partial charge in [-0.3, -0.25) is 14.8 Å². The van der Waals surface area contributed by atoms with Crippen molar-refractivity contribution >= 4 is 17.9 Å². The third kappa shape index (κ3) is 3.78. The zero-order valence-corrected chi connectivity index (χ0v) is 14.0. The molecular weight excluding hydrogens is 316 g/mol. The van der Waals surface area contributed by atoms with Crippen molar-refractivity contribution in [3.63, 3.8) is 0 Å². The summed E-state index contributed by atoms with van der Waals surface area (Å²) in [6.45, 7) is 2.93. The van der Waals surface area contributed by atoms with Crippen molar-refractivity contribution in [3.8, 4) is 0 Å². The van der Waals surface area contributed by atoms with E-state index in [0.717, 1.165) is 23.1 Å². The van der Waals surface area contributed by atoms with E-state index in [1.54, 1.807) is 22.5 Å². The quantitative estimate of drug-likeness (QED) is 0.514. The fourth-order valence-corrected chi connectivity index (χ4v) is 3.05. The monoisotopic (exact) mass is 336 g/mol. The first-order valence-electron chi connectivity index (χ1n) is 8.17. The summed E-state index contributed by atoms with van der Waals surface area (Å²) >= 11 is 0. The Labute approximate surface area is 146 Å². The molecule has 2 aromatic carbocycles. The van der Waals surface area contributed by atoms with Crippen molar-refractivity contribution < 1.29 is 14.8 Å². The Hall–Kier alpha value is -2.92. The maximum absolute atomic E-state index is 12.7. The first kappa shape index (κ1) is 16.9. The number of fused-ring (bicyclic) bond motifs is 1. The molecule has 2 amide bonds. The van der Waals surface area contributed by atoms with Crippen molar-refractivity contribution in [2.45, 2.75) is 19.9 Å². The van der Waals surface area contributed by atoms with Crippen LogP contribution in [0.1, 0.15) is 34.0 Å². The van der Waals surface area contributed by atoms with E-state index < -0.39 is 5.91 Å². The smallest absolute Gasteiger partial charge is 0.274 e. The van der Waals surface area contributed by atoms with Crippen molar-refractivity contribution in [2.75, 3.05) is 6.54 Å². The normalized spacial score (nSPS) is 14.0. The molecule has 0 fully saturated rings. The molecule has 2 aromatic rings. The van der Waals surface area contributed by atoms with Crippen molar-refractivity contribution in [3.05, 3.63) is 76.4 Å². The molecule has 1 heterocycles. The van der Waals surface area contributed by atoms with E-state index in [1.165, 1.54) is 0 Å². The Morgan fingerprint density at radius 1 is 1.12 bits per heavy atom. The highest BCUT2D eigenvalue weighted by Crippen LogP contribution is 2.22. The van der Waals surface area contributed by atoms with E-state index in [9.17, 15) is 9.59 Å². The van der Waals surface area contributed by atoms with Gasteiger partial charge in [-0.2, -0.15) is 0 Å². The Bertz CT molecular complexity index is 828. The van der Waals surface area contributed by atoms with Gasteiger partial charge in [0, 0.05) is 24.2 Å². The summed E-state index contributed by atoms with van der Waals surface area (Å²) < 4.78 is 0. The van der Waals surface area contributed by atoms with Crippen LogP contribution >= 0.6 is 0 Å². The number of nitrogens with zero attached hydrogens (tertiary/aromatic N) is 1. The topological polar surface area (TPSA) is 69.6 Å². The molecule has 3 rings (SSSR count). The van der Waals surface area contributed by atoms with Gasteiger partial charge in [0.05, 0.1) is 0 Å². The van der Waals surface area contributed by atoms with Crippen LogP contribution in [0.5, 0.6) is 0 Å². The molecule has 0 spiro atoms. The summed E-state index contributed by atoms with van der Waals surface area (Å²) in [6.07, 6.45) is 2.63. The van der Waals surface area contributed by atoms with Crippen molar-refractivity contribution in [1.82, 2.24) is 10.4 Å². The first-order chi connectivity index (χ1) is 12.1. The van der Waals surface area contributed by atoms with Gasteiger partial charge in [-0.25, -0.2) is 5.48 Å². The molecule has 0 saturated heterocycles. The third-order valence-electron chi connectivity index (χ3n) is 4.39. The van der Waals surface area contributed by atoms with Crippen LogP contribution in [0.15, 0.2) is 54.1 Å². The molecule has 5 nitrogen and oxygen atoms in total. The number of hydroxylamine groups is 1. The predicted molar refractivity (Wildman–Crippen MR) is 94.9 cm³/mol. The minimum atomic E-state index is -0.550. The van der Waals surface area contributed by atoms with Gasteiger partial charge in [0.25, 0.3) is 5.91 Å². The van der Waals surface area contributed by atoms with Gasteiger partial charge in [-0.15, -0.1) is 0 Å². The van der Waals surface area contributed by atoms with Gasteiger partial charge in [0.2, 0.25) is 5.91 Å². The van der Waals surface area contributed by atoms with Crippen LogP contribution in [0.3, 0.4) is 0 Å². The zero-order valence-electron chi connectivity index (χ0n) is 14.0. The number of rotatable bonds is 3. The molecule has 0 radical (unpaired) electrons. The van der Waals surface area contributed by atoms with Gasteiger partial charge >= 0.3 is 0 Å². The predicted octanol–water partition coefficient (Wildman–Crippen LogP) is 2.79. The minimum absolute atomic E-state index is 0.00786. The number of hydrogen-bond acceptors (Lipinski definition) is 3. The average molecular weight is 336 g/mol. The van der Waals surface area contributed by atoms with E-state index in [2.05, 4.69) is 0 Å². The standard InChI is InChI=1S/C20H20N2O3/c1-14(11-15-5-3-2-4-6-15)20(24)22-10-9-16-7-8-17(19(23)21-25)12-18(16)13-22/h2-8,11-12,25H,9-10,13H2,1H3,(H,21,23)/b14-11+. The molecule has 2 N–H and O–H groups in total. The summed E-state index contributed by atoms with van der Waals surface area (Å²) in [5.41, 5.74) is 5.76. The highest BCUT2D eigenvalue weighted by Gasteiger charge is 2.22. The highest BCUT2D eigenvalue weighted by atomic mass is 16.5. The fourth-order valence-electron chi connectivity index (χ4n) is 3.05. The lowest BCUT2D eigenvalue weighted by Crippen LogP contribution is -2.36. The summed E-state index contributed by atoms with van der Waals surface area (Å²) in [6, 6.07) is 15.0. The van der Waals surface area contributed by atoms with Crippen LogP contribution in [0.2, 0.25) is 0 Å². The molecule has 25 heavy (non-hydrogen) atoms. The minimum Gasteiger partial charge on any atom is -0.334 e. The number of hydrogen-bond donors (Lipinski definition) is 2. The van der Waals surface area contributed by atoms with Gasteiger partial charge in [0.15, 0.2) is 0 Å². The molecule has 0 bridgehead atoms. The zero-order chi connectivity index (χ0) is 17.8. The molecule has 128 valence electrons.